The second-order valence-electron chi connectivity index (χ2n) is 15.7. The third-order valence-electron chi connectivity index (χ3n) is 9.81. The number of carbonyl (C=O) groups excluding carboxylic acids is 3. The predicted octanol–water partition coefficient (Wildman–Crippen LogP) is 16.1. The molecule has 0 radical (unpaired) electrons. The van der Waals surface area contributed by atoms with Gasteiger partial charge in [0.15, 0.2) is 6.10 Å². The van der Waals surface area contributed by atoms with E-state index in [0.717, 1.165) is 77.0 Å². The summed E-state index contributed by atoms with van der Waals surface area (Å²) >= 11 is 0. The number of ether oxygens (including phenoxy) is 3. The first kappa shape index (κ1) is 57.8. The van der Waals surface area contributed by atoms with Crippen molar-refractivity contribution in [3.63, 3.8) is 0 Å². The van der Waals surface area contributed by atoms with E-state index in [1.807, 2.05) is 54.7 Å². The zero-order valence-electron chi connectivity index (χ0n) is 39.6. The molecule has 0 spiro atoms. The highest BCUT2D eigenvalue weighted by molar-refractivity contribution is 5.71. The molecule has 0 aliphatic carbocycles. The summed E-state index contributed by atoms with van der Waals surface area (Å²) < 4.78 is 16.6. The molecule has 0 N–H and O–H groups in total. The van der Waals surface area contributed by atoms with Crippen molar-refractivity contribution in [2.75, 3.05) is 13.2 Å². The SMILES string of the molecule is CC/C=C/C=C/C=C/C=C/C=C/CCCC(=O)OCC(COC(=O)CCC/C=C/C/C=C/C/C=C/CCCCCCCC)OC(=O)CCCCCCCCC/C=C/C/C=C/CC. The smallest absolute Gasteiger partial charge is 0.306 e. The minimum absolute atomic E-state index is 0.134. The molecule has 348 valence electrons. The molecule has 6 heteroatoms. The van der Waals surface area contributed by atoms with E-state index in [1.54, 1.807) is 0 Å². The Bertz CT molecular complexity index is 1350. The molecule has 0 aromatic rings. The Labute approximate surface area is 380 Å². The highest BCUT2D eigenvalue weighted by Gasteiger charge is 2.19. The minimum atomic E-state index is -0.834. The van der Waals surface area contributed by atoms with Gasteiger partial charge in [0.2, 0.25) is 0 Å². The van der Waals surface area contributed by atoms with E-state index in [0.29, 0.717) is 12.8 Å². The third-order valence-corrected chi connectivity index (χ3v) is 9.81. The summed E-state index contributed by atoms with van der Waals surface area (Å²) in [6, 6.07) is 0. The summed E-state index contributed by atoms with van der Waals surface area (Å²) in [5.74, 6) is -1.08. The first-order valence-electron chi connectivity index (χ1n) is 24.6. The van der Waals surface area contributed by atoms with Crippen molar-refractivity contribution in [3.8, 4) is 0 Å². The summed E-state index contributed by atoms with van der Waals surface area (Å²) in [7, 11) is 0. The Kier molecular flexibility index (Phi) is 46.1. The van der Waals surface area contributed by atoms with Crippen molar-refractivity contribution < 1.29 is 28.6 Å². The number of hydrogen-bond donors (Lipinski definition) is 0. The van der Waals surface area contributed by atoms with Crippen LogP contribution in [0.4, 0.5) is 0 Å². The molecule has 0 aliphatic rings. The lowest BCUT2D eigenvalue weighted by atomic mass is 10.1. The second-order valence-corrected chi connectivity index (χ2v) is 15.7. The standard InChI is InChI=1S/C56H88O6/c1-4-7-10-13-16-19-22-25-27-28-29-32-34-37-40-43-46-49-55(58)61-52-53(51-60-54(57)48-45-42-39-36-33-30-24-21-18-15-12-9-6-3)62-56(59)50-47-44-41-38-35-31-26-23-20-17-14-11-8-5-2/h8-9,11-12,15,17-18,20-21,24-25,27,29-30,32-33,36-37,39-40,53H,4-7,10,13-14,16,19,22-23,26,28,31,34-35,38,41-52H2,1-3H3/b11-8+,12-9+,18-15+,20-17+,24-21+,27-25+,32-29+,33-30+,39-36+,40-37+. The van der Waals surface area contributed by atoms with Gasteiger partial charge in [-0.1, -0.05) is 206 Å². The summed E-state index contributed by atoms with van der Waals surface area (Å²) in [6.45, 7) is 6.24. The first-order chi connectivity index (χ1) is 30.5. The molecule has 1 unspecified atom stereocenters. The molecule has 0 aliphatic heterocycles. The molecule has 6 nitrogen and oxygen atoms in total. The monoisotopic (exact) mass is 857 g/mol. The number of allylic oxidation sites excluding steroid dienone is 20. The fourth-order valence-corrected chi connectivity index (χ4v) is 6.17. The van der Waals surface area contributed by atoms with E-state index in [1.165, 1.54) is 64.2 Å². The number of unbranched alkanes of at least 4 members (excludes halogenated alkanes) is 15. The van der Waals surface area contributed by atoms with Gasteiger partial charge in [0.25, 0.3) is 0 Å². The van der Waals surface area contributed by atoms with E-state index < -0.39 is 6.10 Å². The molecule has 0 aromatic heterocycles. The van der Waals surface area contributed by atoms with E-state index in [9.17, 15) is 14.4 Å². The van der Waals surface area contributed by atoms with Crippen molar-refractivity contribution in [3.05, 3.63) is 122 Å². The van der Waals surface area contributed by atoms with Crippen LogP contribution in [0, 0.1) is 0 Å². The van der Waals surface area contributed by atoms with Crippen molar-refractivity contribution in [2.45, 2.75) is 200 Å². The fourth-order valence-electron chi connectivity index (χ4n) is 6.17. The molecular formula is C56H88O6. The minimum Gasteiger partial charge on any atom is -0.462 e. The average Bonchev–Trinajstić information content (AvgIpc) is 3.27. The molecule has 0 amide bonds. The zero-order valence-corrected chi connectivity index (χ0v) is 39.6. The Hall–Kier alpha value is -4.19. The van der Waals surface area contributed by atoms with E-state index in [-0.39, 0.29) is 50.4 Å². The van der Waals surface area contributed by atoms with Crippen LogP contribution in [0.15, 0.2) is 122 Å². The maximum Gasteiger partial charge on any atom is 0.306 e. The molecule has 1 atom stereocenters. The van der Waals surface area contributed by atoms with Crippen LogP contribution in [0.25, 0.3) is 0 Å². The molecule has 0 rings (SSSR count). The van der Waals surface area contributed by atoms with E-state index >= 15 is 0 Å². The normalized spacial score (nSPS) is 13.1. The molecular weight excluding hydrogens is 769 g/mol. The highest BCUT2D eigenvalue weighted by Crippen LogP contribution is 2.12. The zero-order chi connectivity index (χ0) is 45.1. The molecule has 0 heterocycles. The number of carbonyl (C=O) groups is 3. The topological polar surface area (TPSA) is 78.9 Å². The average molecular weight is 857 g/mol. The third kappa shape index (κ3) is 46.9. The molecule has 0 aromatic carbocycles. The predicted molar refractivity (Wildman–Crippen MR) is 265 cm³/mol. The molecule has 0 saturated heterocycles. The lowest BCUT2D eigenvalue weighted by Gasteiger charge is -2.18. The number of esters is 3. The molecule has 0 saturated carbocycles. The van der Waals surface area contributed by atoms with Gasteiger partial charge in [0, 0.05) is 19.3 Å². The van der Waals surface area contributed by atoms with Crippen LogP contribution in [-0.2, 0) is 28.6 Å². The van der Waals surface area contributed by atoms with Gasteiger partial charge < -0.3 is 14.2 Å². The van der Waals surface area contributed by atoms with Crippen molar-refractivity contribution in [1.29, 1.82) is 0 Å². The van der Waals surface area contributed by atoms with Crippen LogP contribution in [0.5, 0.6) is 0 Å². The Morgan fingerprint density at radius 1 is 0.355 bits per heavy atom. The van der Waals surface area contributed by atoms with Crippen LogP contribution in [0.3, 0.4) is 0 Å². The van der Waals surface area contributed by atoms with Crippen molar-refractivity contribution in [1.82, 2.24) is 0 Å². The van der Waals surface area contributed by atoms with Crippen molar-refractivity contribution >= 4 is 17.9 Å². The van der Waals surface area contributed by atoms with Crippen molar-refractivity contribution in [2.24, 2.45) is 0 Å². The van der Waals surface area contributed by atoms with Gasteiger partial charge in [-0.25, -0.2) is 0 Å². The lowest BCUT2D eigenvalue weighted by Crippen LogP contribution is -2.30. The van der Waals surface area contributed by atoms with E-state index in [4.69, 9.17) is 14.2 Å². The van der Waals surface area contributed by atoms with Crippen LogP contribution in [0.1, 0.15) is 194 Å². The van der Waals surface area contributed by atoms with Gasteiger partial charge in [0.1, 0.15) is 13.2 Å². The molecule has 62 heavy (non-hydrogen) atoms. The summed E-state index contributed by atoms with van der Waals surface area (Å²) in [5.41, 5.74) is 0. The second kappa shape index (κ2) is 49.5. The van der Waals surface area contributed by atoms with Crippen LogP contribution < -0.4 is 0 Å². The van der Waals surface area contributed by atoms with Gasteiger partial charge in [0.05, 0.1) is 0 Å². The largest absolute Gasteiger partial charge is 0.462 e. The molecule has 0 bridgehead atoms. The summed E-state index contributed by atoms with van der Waals surface area (Å²) in [4.78, 5) is 37.9. The highest BCUT2D eigenvalue weighted by atomic mass is 16.6. The van der Waals surface area contributed by atoms with Gasteiger partial charge in [-0.2, -0.15) is 0 Å². The van der Waals surface area contributed by atoms with Gasteiger partial charge >= 0.3 is 17.9 Å². The quantitative estimate of drug-likeness (QED) is 0.0200. The Balaban J connectivity index is 4.59. The molecule has 0 fully saturated rings. The number of rotatable bonds is 42. The Morgan fingerprint density at radius 2 is 0.726 bits per heavy atom. The van der Waals surface area contributed by atoms with Crippen LogP contribution >= 0.6 is 0 Å². The fraction of sp³-hybridized carbons (Fsp3) is 0.589. The maximum atomic E-state index is 12.8. The number of hydrogen-bond acceptors (Lipinski definition) is 6. The van der Waals surface area contributed by atoms with E-state index in [2.05, 4.69) is 87.6 Å². The maximum absolute atomic E-state index is 12.8. The van der Waals surface area contributed by atoms with Gasteiger partial charge in [-0.3, -0.25) is 14.4 Å². The van der Waals surface area contributed by atoms with Gasteiger partial charge in [-0.15, -0.1) is 0 Å². The van der Waals surface area contributed by atoms with Crippen LogP contribution in [-0.4, -0.2) is 37.2 Å². The summed E-state index contributed by atoms with van der Waals surface area (Å²) in [6.07, 6.45) is 67.7. The Morgan fingerprint density at radius 3 is 1.23 bits per heavy atom. The summed E-state index contributed by atoms with van der Waals surface area (Å²) in [5, 5.41) is 0. The van der Waals surface area contributed by atoms with Gasteiger partial charge in [-0.05, 0) is 89.9 Å². The lowest BCUT2D eigenvalue weighted by molar-refractivity contribution is -0.167. The first-order valence-corrected chi connectivity index (χ1v) is 24.6. The van der Waals surface area contributed by atoms with Crippen LogP contribution in [0.2, 0.25) is 0 Å².